The first-order valence-electron chi connectivity index (χ1n) is 8.62. The number of amidine groups is 1. The minimum atomic E-state index is -0.160. The monoisotopic (exact) mass is 461 g/mol. The predicted octanol–water partition coefficient (Wildman–Crippen LogP) is 4.90. The van der Waals surface area contributed by atoms with Crippen LogP contribution in [0.1, 0.15) is 5.56 Å². The Kier molecular flexibility index (Phi) is 5.57. The molecule has 0 saturated carbocycles. The van der Waals surface area contributed by atoms with Gasteiger partial charge in [0, 0.05) is 41.4 Å². The lowest BCUT2D eigenvalue weighted by atomic mass is 10.2. The summed E-state index contributed by atoms with van der Waals surface area (Å²) in [5.74, 6) is -0.160. The molecule has 7 heteroatoms. The molecule has 0 N–H and O–H groups in total. The first kappa shape index (κ1) is 18.6. The zero-order chi connectivity index (χ0) is 18.8. The third-order valence-corrected chi connectivity index (χ3v) is 6.25. The van der Waals surface area contributed by atoms with Gasteiger partial charge in [-0.05, 0) is 53.7 Å². The van der Waals surface area contributed by atoms with Crippen LogP contribution < -0.4 is 4.90 Å². The van der Waals surface area contributed by atoms with E-state index in [9.17, 15) is 4.79 Å². The fourth-order valence-corrected chi connectivity index (χ4v) is 4.68. The van der Waals surface area contributed by atoms with Gasteiger partial charge in [0.25, 0.3) is 5.91 Å². The summed E-state index contributed by atoms with van der Waals surface area (Å²) in [5, 5.41) is 1.55. The van der Waals surface area contributed by atoms with Crippen molar-refractivity contribution in [2.75, 3.05) is 31.1 Å². The van der Waals surface area contributed by atoms with Crippen molar-refractivity contribution in [2.24, 2.45) is 4.99 Å². The van der Waals surface area contributed by atoms with Crippen LogP contribution >= 0.6 is 39.3 Å². The molecule has 0 atom stereocenters. The van der Waals surface area contributed by atoms with Crippen LogP contribution in [-0.2, 0) is 4.79 Å². The van der Waals surface area contributed by atoms with E-state index in [1.807, 2.05) is 48.5 Å². The molecule has 1 fully saturated rings. The number of hydrogen-bond donors (Lipinski definition) is 0. The topological polar surface area (TPSA) is 35.9 Å². The molecule has 2 heterocycles. The van der Waals surface area contributed by atoms with E-state index in [1.54, 1.807) is 0 Å². The SMILES string of the molecule is O=C1N=C(N2CCN(c3cccc(Cl)c3)CC2)S/C1=C\c1cccc(Br)c1. The van der Waals surface area contributed by atoms with E-state index in [0.29, 0.717) is 4.91 Å². The second-order valence-electron chi connectivity index (χ2n) is 6.32. The molecule has 2 aromatic carbocycles. The fraction of sp³-hybridized carbons (Fsp3) is 0.200. The van der Waals surface area contributed by atoms with E-state index >= 15 is 0 Å². The highest BCUT2D eigenvalue weighted by Gasteiger charge is 2.28. The Labute approximate surface area is 176 Å². The lowest BCUT2D eigenvalue weighted by Gasteiger charge is -2.36. The van der Waals surface area contributed by atoms with Gasteiger partial charge < -0.3 is 9.80 Å². The molecule has 1 amide bonds. The lowest BCUT2D eigenvalue weighted by Crippen LogP contribution is -2.47. The summed E-state index contributed by atoms with van der Waals surface area (Å²) in [4.78, 5) is 21.7. The molecule has 0 bridgehead atoms. The molecule has 4 nitrogen and oxygen atoms in total. The van der Waals surface area contributed by atoms with Crippen molar-refractivity contribution in [3.8, 4) is 0 Å². The van der Waals surface area contributed by atoms with Crippen molar-refractivity contribution in [2.45, 2.75) is 0 Å². The Hall–Kier alpha value is -1.76. The molecule has 0 aliphatic carbocycles. The Morgan fingerprint density at radius 2 is 1.78 bits per heavy atom. The average Bonchev–Trinajstić information content (AvgIpc) is 3.02. The van der Waals surface area contributed by atoms with Crippen LogP contribution in [0.2, 0.25) is 5.02 Å². The highest BCUT2D eigenvalue weighted by molar-refractivity contribution is 9.10. The molecular formula is C20H17BrClN3OS. The summed E-state index contributed by atoms with van der Waals surface area (Å²) in [6, 6.07) is 15.8. The summed E-state index contributed by atoms with van der Waals surface area (Å²) in [6.45, 7) is 3.41. The van der Waals surface area contributed by atoms with Crippen molar-refractivity contribution < 1.29 is 4.79 Å². The number of aliphatic imine (C=N–C) groups is 1. The number of amides is 1. The third kappa shape index (κ3) is 4.39. The van der Waals surface area contributed by atoms with Crippen LogP contribution in [0.15, 0.2) is 62.9 Å². The third-order valence-electron chi connectivity index (χ3n) is 4.48. The van der Waals surface area contributed by atoms with E-state index in [1.165, 1.54) is 11.8 Å². The lowest BCUT2D eigenvalue weighted by molar-refractivity contribution is -0.113. The Morgan fingerprint density at radius 1 is 1.04 bits per heavy atom. The van der Waals surface area contributed by atoms with E-state index in [2.05, 4.69) is 36.8 Å². The van der Waals surface area contributed by atoms with Gasteiger partial charge in [0.15, 0.2) is 5.17 Å². The number of nitrogens with zero attached hydrogens (tertiary/aromatic N) is 3. The zero-order valence-electron chi connectivity index (χ0n) is 14.4. The van der Waals surface area contributed by atoms with Gasteiger partial charge in [-0.15, -0.1) is 0 Å². The van der Waals surface area contributed by atoms with Gasteiger partial charge in [0.05, 0.1) is 4.91 Å². The van der Waals surface area contributed by atoms with Crippen LogP contribution in [0.25, 0.3) is 6.08 Å². The molecular weight excluding hydrogens is 446 g/mol. The summed E-state index contributed by atoms with van der Waals surface area (Å²) in [6.07, 6.45) is 1.90. The Morgan fingerprint density at radius 3 is 2.52 bits per heavy atom. The van der Waals surface area contributed by atoms with E-state index in [4.69, 9.17) is 11.6 Å². The number of hydrogen-bond acceptors (Lipinski definition) is 4. The number of anilines is 1. The normalized spacial score (nSPS) is 19.0. The number of carbonyl (C=O) groups is 1. The van der Waals surface area contributed by atoms with Gasteiger partial charge >= 0.3 is 0 Å². The fourth-order valence-electron chi connectivity index (χ4n) is 3.11. The molecule has 27 heavy (non-hydrogen) atoms. The maximum absolute atomic E-state index is 12.3. The number of thioether (sulfide) groups is 1. The van der Waals surface area contributed by atoms with Gasteiger partial charge in [-0.2, -0.15) is 4.99 Å². The van der Waals surface area contributed by atoms with Gasteiger partial charge in [0.2, 0.25) is 0 Å². The van der Waals surface area contributed by atoms with Crippen molar-refractivity contribution >= 4 is 62.1 Å². The van der Waals surface area contributed by atoms with Crippen LogP contribution in [0.3, 0.4) is 0 Å². The van der Waals surface area contributed by atoms with Crippen molar-refractivity contribution in [1.29, 1.82) is 0 Å². The van der Waals surface area contributed by atoms with Gasteiger partial charge in [0.1, 0.15) is 0 Å². The highest BCUT2D eigenvalue weighted by Crippen LogP contribution is 2.31. The van der Waals surface area contributed by atoms with E-state index in [0.717, 1.165) is 52.1 Å². The van der Waals surface area contributed by atoms with Crippen LogP contribution in [0.4, 0.5) is 5.69 Å². The Bertz CT molecular complexity index is 938. The van der Waals surface area contributed by atoms with Gasteiger partial charge in [-0.25, -0.2) is 0 Å². The van der Waals surface area contributed by atoms with Crippen LogP contribution in [-0.4, -0.2) is 42.2 Å². The van der Waals surface area contributed by atoms with Gasteiger partial charge in [-0.3, -0.25) is 4.79 Å². The smallest absolute Gasteiger partial charge is 0.286 e. The first-order valence-corrected chi connectivity index (χ1v) is 10.6. The molecule has 4 rings (SSSR count). The number of benzene rings is 2. The molecule has 1 saturated heterocycles. The molecule has 2 aliphatic rings. The minimum absolute atomic E-state index is 0.160. The van der Waals surface area contributed by atoms with Crippen LogP contribution in [0, 0.1) is 0 Å². The molecule has 138 valence electrons. The maximum Gasteiger partial charge on any atom is 0.286 e. The zero-order valence-corrected chi connectivity index (χ0v) is 17.6. The van der Waals surface area contributed by atoms with Crippen molar-refractivity contribution in [1.82, 2.24) is 4.90 Å². The van der Waals surface area contributed by atoms with Crippen LogP contribution in [0.5, 0.6) is 0 Å². The molecule has 2 aliphatic heterocycles. The maximum atomic E-state index is 12.3. The molecule has 2 aromatic rings. The first-order chi connectivity index (χ1) is 13.1. The average molecular weight is 463 g/mol. The van der Waals surface area contributed by atoms with E-state index < -0.39 is 0 Å². The number of carbonyl (C=O) groups excluding carboxylic acids is 1. The summed E-state index contributed by atoms with van der Waals surface area (Å²) in [5.41, 5.74) is 2.12. The van der Waals surface area contributed by atoms with Crippen molar-refractivity contribution in [3.63, 3.8) is 0 Å². The number of rotatable bonds is 2. The number of piperazine rings is 1. The molecule has 0 aromatic heterocycles. The predicted molar refractivity (Wildman–Crippen MR) is 117 cm³/mol. The molecule has 0 radical (unpaired) electrons. The molecule has 0 unspecified atom stereocenters. The number of halogens is 2. The minimum Gasteiger partial charge on any atom is -0.368 e. The largest absolute Gasteiger partial charge is 0.368 e. The second kappa shape index (κ2) is 8.09. The summed E-state index contributed by atoms with van der Waals surface area (Å²) < 4.78 is 0.991. The van der Waals surface area contributed by atoms with Crippen molar-refractivity contribution in [3.05, 3.63) is 68.5 Å². The summed E-state index contributed by atoms with van der Waals surface area (Å²) in [7, 11) is 0. The Balaban J connectivity index is 1.41. The second-order valence-corrected chi connectivity index (χ2v) is 8.68. The van der Waals surface area contributed by atoms with E-state index in [-0.39, 0.29) is 5.91 Å². The quantitative estimate of drug-likeness (QED) is 0.595. The van der Waals surface area contributed by atoms with Gasteiger partial charge in [-0.1, -0.05) is 45.7 Å². The highest BCUT2D eigenvalue weighted by atomic mass is 79.9. The standard InChI is InChI=1S/C20H17BrClN3OS/c21-15-4-1-3-14(11-15)12-18-19(26)23-20(27-18)25-9-7-24(8-10-25)17-6-2-5-16(22)13-17/h1-6,11-13H,7-10H2/b18-12-. The molecule has 0 spiro atoms. The summed E-state index contributed by atoms with van der Waals surface area (Å²) >= 11 is 11.0.